The fraction of sp³-hybridized carbons (Fsp3) is 0.444. The highest BCUT2D eigenvalue weighted by Crippen LogP contribution is 2.21. The van der Waals surface area contributed by atoms with Crippen LogP contribution in [0.5, 0.6) is 0 Å². The van der Waals surface area contributed by atoms with Crippen molar-refractivity contribution in [2.45, 2.75) is 12.8 Å². The van der Waals surface area contributed by atoms with Crippen molar-refractivity contribution in [2.24, 2.45) is 5.11 Å². The van der Waals surface area contributed by atoms with E-state index in [1.165, 1.54) is 6.07 Å². The number of aromatic nitrogens is 1. The third-order valence-corrected chi connectivity index (χ3v) is 2.70. The lowest BCUT2D eigenvalue weighted by Gasteiger charge is -2.02. The van der Waals surface area contributed by atoms with Gasteiger partial charge in [-0.15, -0.1) is 0 Å². The number of azide groups is 1. The molecule has 6 nitrogen and oxygen atoms in total. The average Bonchev–Trinajstić information content (AvgIpc) is 2.64. The Kier molecular flexibility index (Phi) is 5.69. The van der Waals surface area contributed by atoms with Crippen molar-refractivity contribution in [1.29, 1.82) is 0 Å². The monoisotopic (exact) mass is 275 g/mol. The van der Waals surface area contributed by atoms with E-state index in [9.17, 15) is 4.79 Å². The van der Waals surface area contributed by atoms with Gasteiger partial charge < -0.3 is 10.3 Å². The molecule has 0 aliphatic rings. The fourth-order valence-corrected chi connectivity index (χ4v) is 1.49. The summed E-state index contributed by atoms with van der Waals surface area (Å²) in [6, 6.07) is 1.47. The van der Waals surface area contributed by atoms with E-state index in [0.717, 1.165) is 12.8 Å². The van der Waals surface area contributed by atoms with E-state index < -0.39 is 0 Å². The van der Waals surface area contributed by atoms with Gasteiger partial charge in [0.25, 0.3) is 5.91 Å². The quantitative estimate of drug-likeness (QED) is 0.355. The summed E-state index contributed by atoms with van der Waals surface area (Å²) in [5.74, 6) is -0.261. The third kappa shape index (κ3) is 4.56. The molecule has 0 radical (unpaired) electrons. The second-order valence-electron chi connectivity index (χ2n) is 3.26. The van der Waals surface area contributed by atoms with Gasteiger partial charge in [0.15, 0.2) is 0 Å². The number of rotatable bonds is 6. The van der Waals surface area contributed by atoms with E-state index in [2.05, 4.69) is 20.3 Å². The number of halogens is 2. The van der Waals surface area contributed by atoms with Gasteiger partial charge in [0, 0.05) is 18.0 Å². The molecule has 2 N–H and O–H groups in total. The molecule has 1 aromatic heterocycles. The van der Waals surface area contributed by atoms with Gasteiger partial charge in [-0.2, -0.15) is 0 Å². The Bertz CT molecular complexity index is 419. The average molecular weight is 276 g/mol. The Morgan fingerprint density at radius 2 is 2.29 bits per heavy atom. The van der Waals surface area contributed by atoms with Crippen molar-refractivity contribution >= 4 is 29.1 Å². The zero-order chi connectivity index (χ0) is 12.7. The first-order valence-electron chi connectivity index (χ1n) is 4.98. The number of nitrogens with one attached hydrogen (secondary N) is 2. The van der Waals surface area contributed by atoms with Gasteiger partial charge in [0.1, 0.15) is 10.8 Å². The topological polar surface area (TPSA) is 93.7 Å². The number of nitrogens with zero attached hydrogens (tertiary/aromatic N) is 3. The largest absolute Gasteiger partial charge is 0.351 e. The molecule has 0 aliphatic heterocycles. The van der Waals surface area contributed by atoms with Crippen LogP contribution >= 0.6 is 23.2 Å². The highest BCUT2D eigenvalue weighted by Gasteiger charge is 2.10. The molecule has 0 spiro atoms. The predicted octanol–water partition coefficient (Wildman–Crippen LogP) is 3.14. The van der Waals surface area contributed by atoms with Crippen molar-refractivity contribution in [3.05, 3.63) is 32.4 Å². The zero-order valence-electron chi connectivity index (χ0n) is 8.91. The molecule has 0 unspecified atom stereocenters. The number of aromatic amines is 1. The van der Waals surface area contributed by atoms with Gasteiger partial charge >= 0.3 is 0 Å². The lowest BCUT2D eigenvalue weighted by molar-refractivity contribution is 0.0948. The summed E-state index contributed by atoms with van der Waals surface area (Å²) in [5, 5.41) is 6.65. The maximum Gasteiger partial charge on any atom is 0.267 e. The minimum absolute atomic E-state index is 0.250. The van der Waals surface area contributed by atoms with Crippen LogP contribution < -0.4 is 5.32 Å². The van der Waals surface area contributed by atoms with Gasteiger partial charge in [0.05, 0.1) is 5.02 Å². The first-order chi connectivity index (χ1) is 8.15. The molecule has 8 heteroatoms. The summed E-state index contributed by atoms with van der Waals surface area (Å²) in [6.07, 6.45) is 1.48. The number of H-pyrrole nitrogens is 1. The number of hydrogen-bond acceptors (Lipinski definition) is 2. The van der Waals surface area contributed by atoms with Crippen LogP contribution in [0.3, 0.4) is 0 Å². The molecule has 0 atom stereocenters. The van der Waals surface area contributed by atoms with Crippen LogP contribution in [0.15, 0.2) is 11.2 Å². The van der Waals surface area contributed by atoms with Crippen LogP contribution in [0.2, 0.25) is 10.2 Å². The zero-order valence-corrected chi connectivity index (χ0v) is 10.4. The summed E-state index contributed by atoms with van der Waals surface area (Å²) in [5.41, 5.74) is 8.38. The summed E-state index contributed by atoms with van der Waals surface area (Å²) < 4.78 is 0. The van der Waals surface area contributed by atoms with Gasteiger partial charge in [-0.3, -0.25) is 4.79 Å². The Morgan fingerprint density at radius 3 is 2.88 bits per heavy atom. The van der Waals surface area contributed by atoms with Crippen molar-refractivity contribution in [1.82, 2.24) is 10.3 Å². The molecular formula is C9H11Cl2N5O. The minimum atomic E-state index is -0.261. The van der Waals surface area contributed by atoms with Gasteiger partial charge in [-0.25, -0.2) is 0 Å². The predicted molar refractivity (Wildman–Crippen MR) is 66.4 cm³/mol. The number of hydrogen-bond donors (Lipinski definition) is 2. The number of amides is 1. The van der Waals surface area contributed by atoms with Crippen molar-refractivity contribution in [3.8, 4) is 0 Å². The molecule has 1 heterocycles. The molecule has 1 aromatic rings. The molecule has 0 saturated carbocycles. The molecule has 17 heavy (non-hydrogen) atoms. The third-order valence-electron chi connectivity index (χ3n) is 2.00. The lowest BCUT2D eigenvalue weighted by Crippen LogP contribution is -2.24. The second kappa shape index (κ2) is 7.06. The molecule has 0 aliphatic carbocycles. The summed E-state index contributed by atoms with van der Waals surface area (Å²) in [4.78, 5) is 16.8. The second-order valence-corrected chi connectivity index (χ2v) is 4.05. The minimum Gasteiger partial charge on any atom is -0.351 e. The Balaban J connectivity index is 2.28. The first kappa shape index (κ1) is 13.7. The van der Waals surface area contributed by atoms with E-state index in [0.29, 0.717) is 23.8 Å². The van der Waals surface area contributed by atoms with E-state index >= 15 is 0 Å². The molecule has 0 bridgehead atoms. The van der Waals surface area contributed by atoms with E-state index in [1.807, 2.05) is 0 Å². The molecular weight excluding hydrogens is 265 g/mol. The highest BCUT2D eigenvalue weighted by atomic mass is 35.5. The van der Waals surface area contributed by atoms with Crippen LogP contribution in [0.25, 0.3) is 10.4 Å². The number of carbonyl (C=O) groups excluding carboxylic acids is 1. The Morgan fingerprint density at radius 1 is 1.53 bits per heavy atom. The standard InChI is InChI=1S/C9H11Cl2N5O/c10-6-5-7(15-8(6)11)9(17)13-3-1-2-4-14-16-12/h5,15H,1-4H2,(H,13,17). The Labute approximate surface area is 108 Å². The maximum atomic E-state index is 11.6. The molecule has 1 rings (SSSR count). The molecule has 0 saturated heterocycles. The normalized spacial score (nSPS) is 9.76. The van der Waals surface area contributed by atoms with Crippen molar-refractivity contribution in [3.63, 3.8) is 0 Å². The molecule has 0 fully saturated rings. The van der Waals surface area contributed by atoms with Crippen LogP contribution in [-0.4, -0.2) is 24.0 Å². The SMILES string of the molecule is [N-]=[N+]=NCCCCNC(=O)c1cc(Cl)c(Cl)[nH]1. The van der Waals surface area contributed by atoms with Crippen LogP contribution in [0.1, 0.15) is 23.3 Å². The molecule has 0 aromatic carbocycles. The lowest BCUT2D eigenvalue weighted by atomic mass is 10.3. The molecule has 92 valence electrons. The van der Waals surface area contributed by atoms with Crippen LogP contribution in [0, 0.1) is 0 Å². The highest BCUT2D eigenvalue weighted by molar-refractivity contribution is 6.41. The summed E-state index contributed by atoms with van der Waals surface area (Å²) in [6.45, 7) is 0.945. The fourth-order valence-electron chi connectivity index (χ4n) is 1.18. The first-order valence-corrected chi connectivity index (χ1v) is 5.74. The number of unbranched alkanes of at least 4 members (excludes halogenated alkanes) is 1. The molecule has 1 amide bonds. The van der Waals surface area contributed by atoms with Gasteiger partial charge in [-0.1, -0.05) is 28.3 Å². The van der Waals surface area contributed by atoms with Crippen molar-refractivity contribution < 1.29 is 4.79 Å². The Hall–Kier alpha value is -1.36. The van der Waals surface area contributed by atoms with Crippen LogP contribution in [0.4, 0.5) is 0 Å². The maximum absolute atomic E-state index is 11.6. The van der Waals surface area contributed by atoms with E-state index in [1.54, 1.807) is 0 Å². The van der Waals surface area contributed by atoms with Crippen LogP contribution in [-0.2, 0) is 0 Å². The van der Waals surface area contributed by atoms with Crippen molar-refractivity contribution in [2.75, 3.05) is 13.1 Å². The van der Waals surface area contributed by atoms with Gasteiger partial charge in [0.2, 0.25) is 0 Å². The smallest absolute Gasteiger partial charge is 0.267 e. The van der Waals surface area contributed by atoms with E-state index in [-0.39, 0.29) is 11.1 Å². The van der Waals surface area contributed by atoms with Gasteiger partial charge in [-0.05, 0) is 24.4 Å². The van der Waals surface area contributed by atoms with E-state index in [4.69, 9.17) is 28.7 Å². The summed E-state index contributed by atoms with van der Waals surface area (Å²) in [7, 11) is 0. The number of carbonyl (C=O) groups is 1. The summed E-state index contributed by atoms with van der Waals surface area (Å²) >= 11 is 11.4.